The average molecular weight is 831 g/mol. The molecule has 3 aliphatic rings. The van der Waals surface area contributed by atoms with Crippen LogP contribution in [-0.2, 0) is 21.7 Å². The summed E-state index contributed by atoms with van der Waals surface area (Å²) in [7, 11) is 0. The van der Waals surface area contributed by atoms with Crippen LogP contribution in [0.2, 0.25) is 0 Å². The number of allylic oxidation sites excluding steroid dienone is 6. The Morgan fingerprint density at radius 3 is 2.02 bits per heavy atom. The molecule has 0 bridgehead atoms. The van der Waals surface area contributed by atoms with E-state index in [9.17, 15) is 5.11 Å². The van der Waals surface area contributed by atoms with E-state index >= 15 is 0 Å². The van der Waals surface area contributed by atoms with Gasteiger partial charge in [-0.15, -0.1) is 0 Å². The van der Waals surface area contributed by atoms with Crippen LogP contribution in [0, 0.1) is 11.3 Å². The fourth-order valence-electron chi connectivity index (χ4n) is 10.5. The average Bonchev–Trinajstić information content (AvgIpc) is 3.51. The highest BCUT2D eigenvalue weighted by atomic mass is 16.3. The standard InChI is InChI=1S/C60H66N2O/c1-55(2,3)39-23-26-44-45-27-24-40(56(4,5)6)35-51(45)60(50(44)34-39,53-19-15-17-29-61-53)41-22-20-37-21-25-46-47(38-30-42(57(7,8)9)32-43(31-38)58(10,11)12)36-52(62-54(46)48(37)33-41)49-18-14-16-28-59(49,13)63/h14-27,29-36,44,50,63H,28H2,1-13H3. The van der Waals surface area contributed by atoms with Crippen LogP contribution >= 0.6 is 0 Å². The summed E-state index contributed by atoms with van der Waals surface area (Å²) in [5, 5.41) is 15.3. The lowest BCUT2D eigenvalue weighted by Crippen LogP contribution is -2.37. The van der Waals surface area contributed by atoms with Gasteiger partial charge in [0, 0.05) is 34.4 Å². The molecule has 0 saturated heterocycles. The predicted molar refractivity (Wildman–Crippen MR) is 267 cm³/mol. The van der Waals surface area contributed by atoms with Crippen molar-refractivity contribution in [2.45, 2.75) is 130 Å². The summed E-state index contributed by atoms with van der Waals surface area (Å²) >= 11 is 0. The smallest absolute Gasteiger partial charge is 0.0923 e. The molecule has 9 rings (SSSR count). The molecular weight excluding hydrogens is 765 g/mol. The maximum absolute atomic E-state index is 12.0. The maximum atomic E-state index is 12.0. The van der Waals surface area contributed by atoms with Gasteiger partial charge in [0.15, 0.2) is 0 Å². The van der Waals surface area contributed by atoms with Crippen molar-refractivity contribution < 1.29 is 5.11 Å². The van der Waals surface area contributed by atoms with Gasteiger partial charge in [-0.05, 0) is 115 Å². The lowest BCUT2D eigenvalue weighted by Gasteiger charge is -2.40. The third kappa shape index (κ3) is 7.25. The third-order valence-electron chi connectivity index (χ3n) is 14.4. The summed E-state index contributed by atoms with van der Waals surface area (Å²) < 4.78 is 0. The number of hydrogen-bond acceptors (Lipinski definition) is 3. The molecular formula is C60H66N2O. The van der Waals surface area contributed by atoms with Crippen molar-refractivity contribution in [2.24, 2.45) is 11.3 Å². The van der Waals surface area contributed by atoms with E-state index in [4.69, 9.17) is 9.97 Å². The van der Waals surface area contributed by atoms with Crippen LogP contribution in [0.15, 0.2) is 139 Å². The molecule has 63 heavy (non-hydrogen) atoms. The highest BCUT2D eigenvalue weighted by molar-refractivity contribution is 6.11. The first-order valence-electron chi connectivity index (χ1n) is 23.1. The first-order chi connectivity index (χ1) is 29.5. The summed E-state index contributed by atoms with van der Waals surface area (Å²) in [6, 6.07) is 34.8. The molecule has 6 aromatic rings. The van der Waals surface area contributed by atoms with E-state index < -0.39 is 11.0 Å². The molecule has 0 amide bonds. The molecule has 322 valence electrons. The fourth-order valence-corrected chi connectivity index (χ4v) is 10.5. The third-order valence-corrected chi connectivity index (χ3v) is 14.4. The number of aliphatic hydroxyl groups is 1. The second-order valence-electron chi connectivity index (χ2n) is 23.1. The van der Waals surface area contributed by atoms with Crippen LogP contribution in [0.25, 0.3) is 38.4 Å². The van der Waals surface area contributed by atoms with Gasteiger partial charge in [-0.2, -0.15) is 0 Å². The number of benzene rings is 4. The van der Waals surface area contributed by atoms with E-state index in [1.165, 1.54) is 44.5 Å². The van der Waals surface area contributed by atoms with Crippen LogP contribution in [-0.4, -0.2) is 20.7 Å². The van der Waals surface area contributed by atoms with Gasteiger partial charge in [0.2, 0.25) is 0 Å². The molecule has 0 spiro atoms. The molecule has 0 radical (unpaired) electrons. The highest BCUT2D eigenvalue weighted by Crippen LogP contribution is 2.61. The van der Waals surface area contributed by atoms with Crippen molar-refractivity contribution in [1.29, 1.82) is 0 Å². The van der Waals surface area contributed by atoms with Crippen molar-refractivity contribution >= 4 is 27.2 Å². The van der Waals surface area contributed by atoms with E-state index in [1.54, 1.807) is 0 Å². The van der Waals surface area contributed by atoms with Gasteiger partial charge in [-0.25, -0.2) is 4.98 Å². The van der Waals surface area contributed by atoms with Crippen LogP contribution in [0.1, 0.15) is 147 Å². The Morgan fingerprint density at radius 2 is 1.38 bits per heavy atom. The van der Waals surface area contributed by atoms with Crippen LogP contribution in [0.3, 0.4) is 0 Å². The number of hydrogen-bond donors (Lipinski definition) is 1. The first-order valence-corrected chi connectivity index (χ1v) is 23.1. The van der Waals surface area contributed by atoms with Crippen molar-refractivity contribution in [3.63, 3.8) is 0 Å². The Labute approximate surface area is 376 Å². The van der Waals surface area contributed by atoms with Crippen molar-refractivity contribution in [3.8, 4) is 11.1 Å². The van der Waals surface area contributed by atoms with Gasteiger partial charge in [0.1, 0.15) is 0 Å². The van der Waals surface area contributed by atoms with Gasteiger partial charge in [-0.1, -0.05) is 186 Å². The van der Waals surface area contributed by atoms with Gasteiger partial charge in [0.05, 0.1) is 27.9 Å². The number of fused-ring (bicyclic) bond motifs is 6. The second-order valence-corrected chi connectivity index (χ2v) is 23.1. The molecule has 0 fully saturated rings. The van der Waals surface area contributed by atoms with E-state index in [0.717, 1.165) is 44.2 Å². The predicted octanol–water partition coefficient (Wildman–Crippen LogP) is 15.0. The Balaban J connectivity index is 1.41. The minimum atomic E-state index is -1.06. The summed E-state index contributed by atoms with van der Waals surface area (Å²) in [6.45, 7) is 29.6. The quantitative estimate of drug-likeness (QED) is 0.180. The van der Waals surface area contributed by atoms with Crippen molar-refractivity contribution in [2.75, 3.05) is 0 Å². The van der Waals surface area contributed by atoms with Crippen LogP contribution in [0.5, 0.6) is 0 Å². The minimum absolute atomic E-state index is 0.0275. The number of pyridine rings is 2. The molecule has 0 saturated carbocycles. The topological polar surface area (TPSA) is 46.0 Å². The van der Waals surface area contributed by atoms with Gasteiger partial charge < -0.3 is 5.11 Å². The molecule has 3 heteroatoms. The summed E-state index contributed by atoms with van der Waals surface area (Å²) in [6.07, 6.45) is 16.1. The molecule has 2 aromatic heterocycles. The Bertz CT molecular complexity index is 2900. The molecule has 3 aliphatic carbocycles. The zero-order chi connectivity index (χ0) is 45.1. The van der Waals surface area contributed by atoms with E-state index in [-0.39, 0.29) is 33.5 Å². The molecule has 4 atom stereocenters. The lowest BCUT2D eigenvalue weighted by atomic mass is 9.63. The van der Waals surface area contributed by atoms with Crippen LogP contribution < -0.4 is 0 Å². The summed E-state index contributed by atoms with van der Waals surface area (Å²) in [5.41, 5.74) is 13.3. The van der Waals surface area contributed by atoms with E-state index in [0.29, 0.717) is 6.42 Å². The number of nitrogens with zero attached hydrogens (tertiary/aromatic N) is 2. The Kier molecular flexibility index (Phi) is 9.93. The lowest BCUT2D eigenvalue weighted by molar-refractivity contribution is 0.124. The van der Waals surface area contributed by atoms with Gasteiger partial charge in [-0.3, -0.25) is 4.98 Å². The van der Waals surface area contributed by atoms with Crippen molar-refractivity contribution in [1.82, 2.24) is 9.97 Å². The van der Waals surface area contributed by atoms with E-state index in [2.05, 4.69) is 198 Å². The molecule has 1 N–H and O–H groups in total. The monoisotopic (exact) mass is 831 g/mol. The molecule has 3 nitrogen and oxygen atoms in total. The number of rotatable bonds is 4. The zero-order valence-corrected chi connectivity index (χ0v) is 39.9. The zero-order valence-electron chi connectivity index (χ0n) is 39.9. The highest BCUT2D eigenvalue weighted by Gasteiger charge is 2.55. The Morgan fingerprint density at radius 1 is 0.683 bits per heavy atom. The number of aromatic nitrogens is 2. The molecule has 0 aliphatic heterocycles. The normalized spacial score (nSPS) is 22.6. The Hall–Kier alpha value is -5.38. The van der Waals surface area contributed by atoms with E-state index in [1.807, 2.05) is 25.3 Å². The van der Waals surface area contributed by atoms with Crippen molar-refractivity contribution in [3.05, 3.63) is 184 Å². The second kappa shape index (κ2) is 14.6. The minimum Gasteiger partial charge on any atom is -0.385 e. The largest absolute Gasteiger partial charge is 0.385 e. The molecule has 2 heterocycles. The molecule has 4 unspecified atom stereocenters. The van der Waals surface area contributed by atoms with Gasteiger partial charge in [0.25, 0.3) is 0 Å². The molecule has 4 aromatic carbocycles. The summed E-state index contributed by atoms with van der Waals surface area (Å²) in [4.78, 5) is 10.9. The van der Waals surface area contributed by atoms with Crippen LogP contribution in [0.4, 0.5) is 0 Å². The van der Waals surface area contributed by atoms with Gasteiger partial charge >= 0.3 is 0 Å². The summed E-state index contributed by atoms with van der Waals surface area (Å²) in [5.74, 6) is 0.274. The first kappa shape index (κ1) is 42.9. The maximum Gasteiger partial charge on any atom is 0.0923 e. The SMILES string of the molecule is CC(C)(C)C1=CC2C(C=C1)c1ccc(C(C)(C)C)cc1C2(c1ccc2ccc3c(-c4cc(C(C)(C)C)cc(C(C)(C)C)c4)cc(C4=CC=CCC4(C)O)nc3c2c1)c1ccccn1. The fraction of sp³-hybridized carbons (Fsp3) is 0.367.